The van der Waals surface area contributed by atoms with Crippen molar-refractivity contribution in [2.45, 2.75) is 5.41 Å². The van der Waals surface area contributed by atoms with Crippen LogP contribution in [0.15, 0.2) is 188 Å². The highest BCUT2D eigenvalue weighted by Gasteiger charge is 2.50. The van der Waals surface area contributed by atoms with Gasteiger partial charge in [-0.3, -0.25) is 0 Å². The second-order valence-electron chi connectivity index (χ2n) is 13.7. The SMILES string of the molecule is c1ccc(-c2ccc3c(c2)C2(c4ccccc4Oc4cc(-c5ccc6c7ccccc7n(-c7ccccc7)c6c5)ccc42)c2ccccc2O3)cc1. The lowest BCUT2D eigenvalue weighted by atomic mass is 9.62. The second-order valence-corrected chi connectivity index (χ2v) is 13.7. The summed E-state index contributed by atoms with van der Waals surface area (Å²) in [6, 6.07) is 67.0. The number of nitrogens with zero attached hydrogens (tertiary/aromatic N) is 1. The molecule has 2 aliphatic rings. The summed E-state index contributed by atoms with van der Waals surface area (Å²) in [6.45, 7) is 0. The van der Waals surface area contributed by atoms with Crippen molar-refractivity contribution in [3.05, 3.63) is 210 Å². The monoisotopic (exact) mass is 665 g/mol. The Morgan fingerprint density at radius 3 is 1.65 bits per heavy atom. The molecule has 0 amide bonds. The van der Waals surface area contributed by atoms with Crippen LogP contribution in [0.4, 0.5) is 0 Å². The summed E-state index contributed by atoms with van der Waals surface area (Å²) in [4.78, 5) is 0. The van der Waals surface area contributed by atoms with Crippen molar-refractivity contribution in [3.8, 4) is 50.9 Å². The van der Waals surface area contributed by atoms with Crippen LogP contribution in [0.2, 0.25) is 0 Å². The minimum atomic E-state index is -0.665. The molecule has 0 fully saturated rings. The number of hydrogen-bond donors (Lipinski definition) is 0. The molecule has 1 atom stereocenters. The normalized spacial score (nSPS) is 15.3. The molecule has 11 rings (SSSR count). The quantitative estimate of drug-likeness (QED) is 0.187. The van der Waals surface area contributed by atoms with E-state index >= 15 is 0 Å². The zero-order chi connectivity index (χ0) is 34.2. The molecular formula is C49H31NO2. The minimum absolute atomic E-state index is 0.665. The number of rotatable bonds is 3. The van der Waals surface area contributed by atoms with Crippen LogP contribution in [0.3, 0.4) is 0 Å². The predicted octanol–water partition coefficient (Wildman–Crippen LogP) is 12.7. The Morgan fingerprint density at radius 2 is 0.865 bits per heavy atom. The highest BCUT2D eigenvalue weighted by Crippen LogP contribution is 2.62. The Morgan fingerprint density at radius 1 is 0.327 bits per heavy atom. The smallest absolute Gasteiger partial charge is 0.132 e. The van der Waals surface area contributed by atoms with Gasteiger partial charge in [0.05, 0.1) is 16.4 Å². The van der Waals surface area contributed by atoms with Crippen molar-refractivity contribution in [1.29, 1.82) is 0 Å². The van der Waals surface area contributed by atoms with Gasteiger partial charge in [0.1, 0.15) is 23.0 Å². The maximum Gasteiger partial charge on any atom is 0.132 e. The summed E-state index contributed by atoms with van der Waals surface area (Å²) in [5.41, 5.74) is 11.8. The van der Waals surface area contributed by atoms with Gasteiger partial charge < -0.3 is 14.0 Å². The van der Waals surface area contributed by atoms with E-state index in [2.05, 4.69) is 193 Å². The average molecular weight is 666 g/mol. The van der Waals surface area contributed by atoms with Crippen molar-refractivity contribution in [2.24, 2.45) is 0 Å². The number of fused-ring (bicyclic) bond motifs is 11. The van der Waals surface area contributed by atoms with Gasteiger partial charge in [-0.25, -0.2) is 0 Å². The summed E-state index contributed by atoms with van der Waals surface area (Å²) in [6.07, 6.45) is 0. The molecule has 0 bridgehead atoms. The predicted molar refractivity (Wildman–Crippen MR) is 210 cm³/mol. The summed E-state index contributed by atoms with van der Waals surface area (Å²) < 4.78 is 16.0. The minimum Gasteiger partial charge on any atom is -0.457 e. The van der Waals surface area contributed by atoms with Crippen LogP contribution in [0.1, 0.15) is 22.3 Å². The van der Waals surface area contributed by atoms with Crippen LogP contribution in [0.25, 0.3) is 49.7 Å². The van der Waals surface area contributed by atoms with Crippen LogP contribution in [-0.2, 0) is 5.41 Å². The van der Waals surface area contributed by atoms with Gasteiger partial charge in [-0.1, -0.05) is 133 Å². The molecule has 8 aromatic carbocycles. The third kappa shape index (κ3) is 4.08. The molecule has 9 aromatic rings. The van der Waals surface area contributed by atoms with Crippen molar-refractivity contribution in [3.63, 3.8) is 0 Å². The molecule has 1 unspecified atom stereocenters. The van der Waals surface area contributed by atoms with E-state index in [1.165, 1.54) is 27.4 Å². The third-order valence-corrected chi connectivity index (χ3v) is 10.9. The number of aromatic nitrogens is 1. The highest BCUT2D eigenvalue weighted by atomic mass is 16.5. The molecular weight excluding hydrogens is 635 g/mol. The zero-order valence-electron chi connectivity index (χ0n) is 28.2. The van der Waals surface area contributed by atoms with Gasteiger partial charge in [0.15, 0.2) is 0 Å². The van der Waals surface area contributed by atoms with Gasteiger partial charge >= 0.3 is 0 Å². The largest absolute Gasteiger partial charge is 0.457 e. The Hall–Kier alpha value is -6.84. The van der Waals surface area contributed by atoms with Crippen LogP contribution >= 0.6 is 0 Å². The third-order valence-electron chi connectivity index (χ3n) is 10.9. The molecule has 0 saturated heterocycles. The summed E-state index contributed by atoms with van der Waals surface area (Å²) >= 11 is 0. The first-order valence-electron chi connectivity index (χ1n) is 17.8. The van der Waals surface area contributed by atoms with E-state index in [0.29, 0.717) is 0 Å². The number of benzene rings is 8. The van der Waals surface area contributed by atoms with Crippen molar-refractivity contribution >= 4 is 21.8 Å². The Bertz CT molecular complexity index is 2840. The van der Waals surface area contributed by atoms with Crippen molar-refractivity contribution in [1.82, 2.24) is 4.57 Å². The van der Waals surface area contributed by atoms with E-state index in [1.807, 2.05) is 0 Å². The number of hydrogen-bond acceptors (Lipinski definition) is 2. The van der Waals surface area contributed by atoms with E-state index in [-0.39, 0.29) is 0 Å². The van der Waals surface area contributed by atoms with Gasteiger partial charge in [-0.2, -0.15) is 0 Å². The van der Waals surface area contributed by atoms with Crippen LogP contribution in [0, 0.1) is 0 Å². The van der Waals surface area contributed by atoms with Crippen LogP contribution < -0.4 is 9.47 Å². The summed E-state index contributed by atoms with van der Waals surface area (Å²) in [5, 5.41) is 2.47. The second kappa shape index (κ2) is 11.1. The summed E-state index contributed by atoms with van der Waals surface area (Å²) in [5.74, 6) is 3.39. The molecule has 2 aliphatic heterocycles. The molecule has 3 heterocycles. The average Bonchev–Trinajstić information content (AvgIpc) is 3.55. The Labute approximate surface area is 301 Å². The van der Waals surface area contributed by atoms with Gasteiger partial charge in [-0.05, 0) is 76.9 Å². The molecule has 244 valence electrons. The standard InChI is InChI=1S/C49H31NO2/c1-3-13-32(14-4-1)33-25-28-47-42(29-33)49(39-18-8-11-21-45(39)51-47)40-19-9-12-22-46(40)52-48-31-35(24-27-41(48)49)34-23-26-38-37-17-7-10-20-43(37)50(44(38)30-34)36-15-5-2-6-16-36/h1-31H. The molecule has 3 heteroatoms. The highest BCUT2D eigenvalue weighted by molar-refractivity contribution is 6.10. The van der Waals surface area contributed by atoms with Gasteiger partial charge in [0, 0.05) is 38.7 Å². The van der Waals surface area contributed by atoms with Gasteiger partial charge in [-0.15, -0.1) is 0 Å². The van der Waals surface area contributed by atoms with Crippen molar-refractivity contribution in [2.75, 3.05) is 0 Å². The fraction of sp³-hybridized carbons (Fsp3) is 0.0204. The fourth-order valence-corrected chi connectivity index (χ4v) is 8.66. The number of para-hydroxylation sites is 4. The molecule has 3 nitrogen and oxygen atoms in total. The molecule has 52 heavy (non-hydrogen) atoms. The maximum absolute atomic E-state index is 6.89. The first-order chi connectivity index (χ1) is 25.8. The zero-order valence-corrected chi connectivity index (χ0v) is 28.2. The first-order valence-corrected chi connectivity index (χ1v) is 17.8. The lowest BCUT2D eigenvalue weighted by molar-refractivity contribution is 0.399. The van der Waals surface area contributed by atoms with E-state index < -0.39 is 5.41 Å². The molecule has 0 radical (unpaired) electrons. The van der Waals surface area contributed by atoms with Gasteiger partial charge in [0.2, 0.25) is 0 Å². The van der Waals surface area contributed by atoms with E-state index in [0.717, 1.165) is 67.6 Å². The fourth-order valence-electron chi connectivity index (χ4n) is 8.66. The van der Waals surface area contributed by atoms with E-state index in [1.54, 1.807) is 0 Å². The van der Waals surface area contributed by atoms with Crippen LogP contribution in [-0.4, -0.2) is 4.57 Å². The molecule has 1 spiro atoms. The van der Waals surface area contributed by atoms with Crippen molar-refractivity contribution < 1.29 is 9.47 Å². The Balaban J connectivity index is 1.16. The molecule has 0 N–H and O–H groups in total. The van der Waals surface area contributed by atoms with Gasteiger partial charge in [0.25, 0.3) is 0 Å². The first kappa shape index (κ1) is 28.9. The van der Waals surface area contributed by atoms with E-state index in [4.69, 9.17) is 9.47 Å². The molecule has 1 aromatic heterocycles. The van der Waals surface area contributed by atoms with E-state index in [9.17, 15) is 0 Å². The lowest BCUT2D eigenvalue weighted by Crippen LogP contribution is -2.36. The lowest BCUT2D eigenvalue weighted by Gasteiger charge is -2.45. The summed E-state index contributed by atoms with van der Waals surface area (Å²) in [7, 11) is 0. The molecule has 0 aliphatic carbocycles. The number of ether oxygens (including phenoxy) is 2. The van der Waals surface area contributed by atoms with Crippen LogP contribution in [0.5, 0.6) is 23.0 Å². The molecule has 0 saturated carbocycles. The topological polar surface area (TPSA) is 23.4 Å². The maximum atomic E-state index is 6.89. The Kier molecular flexibility index (Phi) is 6.17.